The predicted octanol–water partition coefficient (Wildman–Crippen LogP) is 1.92. The average Bonchev–Trinajstić information content (AvgIpc) is 1.98. The van der Waals surface area contributed by atoms with Crippen molar-refractivity contribution in [2.45, 2.75) is 32.6 Å². The molecule has 0 saturated heterocycles. The van der Waals surface area contributed by atoms with Gasteiger partial charge in [-0.05, 0) is 13.8 Å². The molecule has 4 heteroatoms. The molecule has 0 saturated carbocycles. The van der Waals surface area contributed by atoms with Gasteiger partial charge in [0.2, 0.25) is 0 Å². The van der Waals surface area contributed by atoms with Crippen LogP contribution in [0.25, 0.3) is 0 Å². The van der Waals surface area contributed by atoms with E-state index in [1.165, 1.54) is 13.8 Å². The minimum Gasteiger partial charge on any atom is -0.297 e. The zero-order valence-electron chi connectivity index (χ0n) is 8.13. The molecule has 0 amide bonds. The molecule has 0 bridgehead atoms. The van der Waals surface area contributed by atoms with Crippen molar-refractivity contribution in [3.05, 3.63) is 0 Å². The van der Waals surface area contributed by atoms with Crippen molar-refractivity contribution in [2.75, 3.05) is 19.6 Å². The number of halogens is 2. The fraction of sp³-hybridized carbons (Fsp3) is 0.889. The lowest BCUT2D eigenvalue weighted by molar-refractivity contribution is 0.164. The number of alkyl halides is 2. The van der Waals surface area contributed by atoms with Gasteiger partial charge in [0.1, 0.15) is 12.3 Å². The predicted molar refractivity (Wildman–Crippen MR) is 47.8 cm³/mol. The van der Waals surface area contributed by atoms with Crippen molar-refractivity contribution in [3.8, 4) is 6.07 Å². The molecule has 0 fully saturated rings. The smallest absolute Gasteiger partial charge is 0.110 e. The van der Waals surface area contributed by atoms with E-state index in [1.807, 2.05) is 6.07 Å². The SMILES string of the molecule is CC(F)CN(CCC#N)CC(C)F. The minimum atomic E-state index is -0.975. The van der Waals surface area contributed by atoms with Crippen LogP contribution in [-0.2, 0) is 0 Å². The highest BCUT2D eigenvalue weighted by molar-refractivity contribution is 4.74. The molecule has 2 atom stereocenters. The monoisotopic (exact) mass is 190 g/mol. The van der Waals surface area contributed by atoms with Crippen LogP contribution < -0.4 is 0 Å². The Morgan fingerprint density at radius 3 is 2.00 bits per heavy atom. The lowest BCUT2D eigenvalue weighted by Gasteiger charge is -2.22. The largest absolute Gasteiger partial charge is 0.297 e. The first-order valence-corrected chi connectivity index (χ1v) is 4.43. The molecule has 0 aliphatic carbocycles. The molecular formula is C9H16F2N2. The van der Waals surface area contributed by atoms with Gasteiger partial charge in [-0.25, -0.2) is 8.78 Å². The van der Waals surface area contributed by atoms with Gasteiger partial charge in [0.05, 0.1) is 6.07 Å². The van der Waals surface area contributed by atoms with Crippen molar-refractivity contribution in [3.63, 3.8) is 0 Å². The first kappa shape index (κ1) is 12.3. The Bertz CT molecular complexity index is 153. The molecule has 0 aliphatic heterocycles. The molecule has 0 spiro atoms. The van der Waals surface area contributed by atoms with E-state index in [2.05, 4.69) is 0 Å². The molecule has 0 radical (unpaired) electrons. The molecule has 0 aromatic heterocycles. The Hall–Kier alpha value is -0.690. The maximum Gasteiger partial charge on any atom is 0.110 e. The van der Waals surface area contributed by atoms with Gasteiger partial charge in [0, 0.05) is 26.1 Å². The Morgan fingerprint density at radius 2 is 1.69 bits per heavy atom. The summed E-state index contributed by atoms with van der Waals surface area (Å²) in [6.07, 6.45) is -1.63. The third-order valence-corrected chi connectivity index (χ3v) is 1.56. The van der Waals surface area contributed by atoms with Crippen molar-refractivity contribution < 1.29 is 8.78 Å². The summed E-state index contributed by atoms with van der Waals surface area (Å²) in [5.41, 5.74) is 0. The summed E-state index contributed by atoms with van der Waals surface area (Å²) < 4.78 is 25.2. The highest BCUT2D eigenvalue weighted by atomic mass is 19.1. The van der Waals surface area contributed by atoms with Crippen molar-refractivity contribution >= 4 is 0 Å². The number of hydrogen-bond acceptors (Lipinski definition) is 2. The van der Waals surface area contributed by atoms with E-state index in [4.69, 9.17) is 5.26 Å². The van der Waals surface area contributed by atoms with Crippen LogP contribution in [0.5, 0.6) is 0 Å². The van der Waals surface area contributed by atoms with Gasteiger partial charge < -0.3 is 0 Å². The van der Waals surface area contributed by atoms with Gasteiger partial charge in [-0.2, -0.15) is 5.26 Å². The fourth-order valence-corrected chi connectivity index (χ4v) is 1.18. The van der Waals surface area contributed by atoms with Gasteiger partial charge in [-0.1, -0.05) is 0 Å². The Labute approximate surface area is 78.1 Å². The summed E-state index contributed by atoms with van der Waals surface area (Å²) in [5, 5.41) is 8.32. The Kier molecular flexibility index (Phi) is 6.43. The van der Waals surface area contributed by atoms with Crippen molar-refractivity contribution in [1.82, 2.24) is 4.90 Å². The average molecular weight is 190 g/mol. The first-order chi connectivity index (χ1) is 6.06. The van der Waals surface area contributed by atoms with Crippen LogP contribution in [0.4, 0.5) is 8.78 Å². The van der Waals surface area contributed by atoms with Gasteiger partial charge in [0.25, 0.3) is 0 Å². The third kappa shape index (κ3) is 7.66. The van der Waals surface area contributed by atoms with Crippen molar-refractivity contribution in [1.29, 1.82) is 5.26 Å². The number of hydrogen-bond donors (Lipinski definition) is 0. The number of nitriles is 1. The maximum atomic E-state index is 12.6. The van der Waals surface area contributed by atoms with E-state index in [-0.39, 0.29) is 13.1 Å². The topological polar surface area (TPSA) is 27.0 Å². The molecule has 0 rings (SSSR count). The molecule has 0 heterocycles. The highest BCUT2D eigenvalue weighted by Crippen LogP contribution is 2.01. The molecule has 76 valence electrons. The molecule has 0 aromatic carbocycles. The maximum absolute atomic E-state index is 12.6. The van der Waals surface area contributed by atoms with E-state index in [0.717, 1.165) is 0 Å². The summed E-state index contributed by atoms with van der Waals surface area (Å²) in [5.74, 6) is 0. The highest BCUT2D eigenvalue weighted by Gasteiger charge is 2.11. The molecule has 2 unspecified atom stereocenters. The molecule has 2 nitrogen and oxygen atoms in total. The standard InChI is InChI=1S/C9H16F2N2/c1-8(10)6-13(5-3-4-12)7-9(2)11/h8-9H,3,5-7H2,1-2H3. The van der Waals surface area contributed by atoms with Crippen LogP contribution in [0.3, 0.4) is 0 Å². The van der Waals surface area contributed by atoms with Gasteiger partial charge in [-0.15, -0.1) is 0 Å². The van der Waals surface area contributed by atoms with Gasteiger partial charge >= 0.3 is 0 Å². The first-order valence-electron chi connectivity index (χ1n) is 4.43. The summed E-state index contributed by atoms with van der Waals surface area (Å²) in [4.78, 5) is 1.64. The normalized spacial score (nSPS) is 15.4. The van der Waals surface area contributed by atoms with E-state index in [1.54, 1.807) is 4.90 Å². The fourth-order valence-electron chi connectivity index (χ4n) is 1.18. The van der Waals surface area contributed by atoms with Gasteiger partial charge in [-0.3, -0.25) is 4.90 Å². The number of nitrogens with zero attached hydrogens (tertiary/aromatic N) is 2. The molecule has 0 aromatic rings. The van der Waals surface area contributed by atoms with Crippen LogP contribution in [0.1, 0.15) is 20.3 Å². The Balaban J connectivity index is 3.81. The lowest BCUT2D eigenvalue weighted by Crippen LogP contribution is -2.34. The van der Waals surface area contributed by atoms with E-state index in [9.17, 15) is 8.78 Å². The molecular weight excluding hydrogens is 174 g/mol. The zero-order chi connectivity index (χ0) is 10.3. The summed E-state index contributed by atoms with van der Waals surface area (Å²) in [6, 6.07) is 1.96. The second kappa shape index (κ2) is 6.79. The zero-order valence-corrected chi connectivity index (χ0v) is 8.13. The minimum absolute atomic E-state index is 0.204. The van der Waals surface area contributed by atoms with Crippen molar-refractivity contribution in [2.24, 2.45) is 0 Å². The number of rotatable bonds is 6. The third-order valence-electron chi connectivity index (χ3n) is 1.56. The summed E-state index contributed by atoms with van der Waals surface area (Å²) >= 11 is 0. The van der Waals surface area contributed by atoms with E-state index in [0.29, 0.717) is 13.0 Å². The quantitative estimate of drug-likeness (QED) is 0.639. The second-order valence-corrected chi connectivity index (χ2v) is 3.23. The summed E-state index contributed by atoms with van der Waals surface area (Å²) in [6.45, 7) is 3.72. The van der Waals surface area contributed by atoms with Gasteiger partial charge in [0.15, 0.2) is 0 Å². The molecule has 0 aliphatic rings. The summed E-state index contributed by atoms with van der Waals surface area (Å²) in [7, 11) is 0. The van der Waals surface area contributed by atoms with Crippen LogP contribution in [0.2, 0.25) is 0 Å². The second-order valence-electron chi connectivity index (χ2n) is 3.23. The Morgan fingerprint density at radius 1 is 1.23 bits per heavy atom. The van der Waals surface area contributed by atoms with Crippen LogP contribution >= 0.6 is 0 Å². The van der Waals surface area contributed by atoms with Crippen LogP contribution in [0.15, 0.2) is 0 Å². The van der Waals surface area contributed by atoms with Crippen LogP contribution in [0, 0.1) is 11.3 Å². The lowest BCUT2D eigenvalue weighted by atomic mass is 10.3. The van der Waals surface area contributed by atoms with E-state index < -0.39 is 12.3 Å². The molecule has 13 heavy (non-hydrogen) atoms. The van der Waals surface area contributed by atoms with E-state index >= 15 is 0 Å². The van der Waals surface area contributed by atoms with Crippen LogP contribution in [-0.4, -0.2) is 36.9 Å². The molecule has 0 N–H and O–H groups in total.